The molecule has 136 valence electrons. The Balaban J connectivity index is 3.14. The van der Waals surface area contributed by atoms with Crippen molar-refractivity contribution in [3.8, 4) is 0 Å². The van der Waals surface area contributed by atoms with Gasteiger partial charge in [0.2, 0.25) is 0 Å². The van der Waals surface area contributed by atoms with E-state index in [0.29, 0.717) is 12.2 Å². The maximum absolute atomic E-state index is 11.2. The molecule has 0 aliphatic rings. The first kappa shape index (κ1) is 23.2. The molecule has 0 aromatic rings. The van der Waals surface area contributed by atoms with Crippen LogP contribution < -0.4 is 0 Å². The van der Waals surface area contributed by atoms with Crippen LogP contribution in [-0.4, -0.2) is 18.1 Å². The van der Waals surface area contributed by atoms with Gasteiger partial charge in [-0.3, -0.25) is 0 Å². The molecule has 0 amide bonds. The monoisotopic (exact) mass is 452 g/mol. The van der Waals surface area contributed by atoms with Crippen molar-refractivity contribution in [3.63, 3.8) is 0 Å². The van der Waals surface area contributed by atoms with Gasteiger partial charge in [-0.2, -0.15) is 0 Å². The highest BCUT2D eigenvalue weighted by atomic mass is 127. The van der Waals surface area contributed by atoms with Crippen molar-refractivity contribution in [2.24, 2.45) is 0 Å². The molecule has 4 heteroatoms. The first-order chi connectivity index (χ1) is 10.8. The molecule has 0 rings (SSSR count). The second kappa shape index (κ2) is 14.5. The van der Waals surface area contributed by atoms with E-state index in [1.807, 2.05) is 0 Å². The van der Waals surface area contributed by atoms with Crippen molar-refractivity contribution in [2.75, 3.05) is 6.61 Å². The average Bonchev–Trinajstić information content (AvgIpc) is 2.46. The Hall–Kier alpha value is 0.157. The minimum atomic E-state index is -0.831. The van der Waals surface area contributed by atoms with Crippen molar-refractivity contribution >= 4 is 33.3 Å². The molecule has 0 spiro atoms. The topological polar surface area (TPSA) is 26.3 Å². The average molecular weight is 452 g/mol. The van der Waals surface area contributed by atoms with Crippen LogP contribution in [0.3, 0.4) is 0 Å². The number of ether oxygens (including phenoxy) is 1. The Kier molecular flexibility index (Phi) is 14.6. The summed E-state index contributed by atoms with van der Waals surface area (Å²) < 4.78 is 5.08. The van der Waals surface area contributed by atoms with E-state index in [9.17, 15) is 4.79 Å². The van der Waals surface area contributed by atoms with Crippen LogP contribution in [0.25, 0.3) is 0 Å². The van der Waals surface area contributed by atoms with Crippen LogP contribution in [-0.2, 0) is 9.53 Å². The van der Waals surface area contributed by atoms with E-state index in [2.05, 4.69) is 41.5 Å². The lowest BCUT2D eigenvalue weighted by Crippen LogP contribution is -2.13. The number of carbonyl (C=O) groups is 1. The minimum Gasteiger partial charge on any atom is -0.462 e. The molecule has 0 aromatic heterocycles. The molecule has 0 fully saturated rings. The van der Waals surface area contributed by atoms with Gasteiger partial charge in [-0.25, -0.2) is 4.79 Å². The van der Waals surface area contributed by atoms with Gasteiger partial charge in [0.25, 0.3) is 0 Å². The number of hydrogen-bond acceptors (Lipinski definition) is 2. The summed E-state index contributed by atoms with van der Waals surface area (Å²) >= 11 is 2.69. The van der Waals surface area contributed by atoms with Crippen LogP contribution in [0.5, 0.6) is 0 Å². The molecule has 23 heavy (non-hydrogen) atoms. The lowest BCUT2D eigenvalue weighted by Gasteiger charge is -2.12. The van der Waals surface area contributed by atoms with Gasteiger partial charge in [-0.15, -0.1) is 21.8 Å². The Morgan fingerprint density at radius 1 is 0.870 bits per heavy atom. The molecule has 0 aromatic carbocycles. The fourth-order valence-electron chi connectivity index (χ4n) is 2.53. The smallest absolute Gasteiger partial charge is 0.333 e. The van der Waals surface area contributed by atoms with Crippen LogP contribution >= 0.6 is 21.8 Å². The van der Waals surface area contributed by atoms with Crippen LogP contribution in [0.4, 0.5) is 0 Å². The molecule has 0 N–H and O–H groups in total. The quantitative estimate of drug-likeness (QED) is 0.0665. The van der Waals surface area contributed by atoms with E-state index in [4.69, 9.17) is 4.74 Å². The summed E-state index contributed by atoms with van der Waals surface area (Å²) in [6.45, 7) is 10.7. The van der Waals surface area contributed by atoms with E-state index < -0.39 is 5.57 Å². The highest BCUT2D eigenvalue weighted by molar-refractivity contribution is 14.1. The minimum absolute atomic E-state index is 0.255. The molecule has 0 saturated carbocycles. The van der Waals surface area contributed by atoms with Crippen LogP contribution in [0.15, 0.2) is 12.2 Å². The summed E-state index contributed by atoms with van der Waals surface area (Å²) in [5.74, 6) is -0.255. The summed E-state index contributed by atoms with van der Waals surface area (Å²) in [4.78, 5) is 11.2. The molecule has 0 aliphatic carbocycles. The van der Waals surface area contributed by atoms with Gasteiger partial charge >= 0.3 is 5.97 Å². The normalized spacial score (nSPS) is 11.5. The number of carbonyl (C=O) groups excluding carboxylic acids is 1. The number of hydrogen-bond donors (Lipinski definition) is 0. The summed E-state index contributed by atoms with van der Waals surface area (Å²) in [6.07, 6.45) is 14.6. The molecular weight excluding hydrogens is 415 g/mol. The van der Waals surface area contributed by atoms with Gasteiger partial charge in [-0.05, 0) is 19.4 Å². The number of unbranched alkanes of at least 4 members (excludes halogenated alkanes) is 10. The Labute approximate surface area is 158 Å². The fraction of sp³-hybridized carbons (Fsp3) is 0.842. The van der Waals surface area contributed by atoms with Gasteiger partial charge in [0.05, 0.1) is 6.61 Å². The zero-order valence-corrected chi connectivity index (χ0v) is 18.8. The molecule has 0 bridgehead atoms. The van der Waals surface area contributed by atoms with Crippen molar-refractivity contribution in [3.05, 3.63) is 12.2 Å². The second-order valence-corrected chi connectivity index (χ2v) is 20.0. The first-order valence-corrected chi connectivity index (χ1v) is 15.7. The van der Waals surface area contributed by atoms with E-state index in [-0.39, 0.29) is 5.97 Å². The molecule has 0 radical (unpaired) electrons. The number of rotatable bonds is 15. The predicted molar refractivity (Wildman–Crippen MR) is 113 cm³/mol. The summed E-state index contributed by atoms with van der Waals surface area (Å²) in [7, 11) is 0. The summed E-state index contributed by atoms with van der Waals surface area (Å²) in [6, 6.07) is 1.48. The van der Waals surface area contributed by atoms with Gasteiger partial charge < -0.3 is 4.74 Å². The molecule has 2 nitrogen and oxygen atoms in total. The van der Waals surface area contributed by atoms with E-state index in [1.165, 1.54) is 70.3 Å². The molecular formula is C19H37IO2Si. The van der Waals surface area contributed by atoms with Crippen molar-refractivity contribution in [2.45, 2.75) is 96.7 Å². The highest BCUT2D eigenvalue weighted by Gasteiger charge is 2.14. The molecule has 0 heterocycles. The fourth-order valence-corrected chi connectivity index (χ4v) is 4.76. The molecule has 0 aliphatic heterocycles. The molecule has 0 unspecified atom stereocenters. The van der Waals surface area contributed by atoms with Crippen molar-refractivity contribution in [1.29, 1.82) is 0 Å². The summed E-state index contributed by atoms with van der Waals surface area (Å²) in [5, 5.41) is 0. The zero-order chi connectivity index (χ0) is 17.6. The largest absolute Gasteiger partial charge is 0.462 e. The molecule has 0 atom stereocenters. The zero-order valence-electron chi connectivity index (χ0n) is 15.6. The van der Waals surface area contributed by atoms with Gasteiger partial charge in [0, 0.05) is 5.57 Å². The summed E-state index contributed by atoms with van der Waals surface area (Å²) in [5.41, 5.74) is -0.340. The van der Waals surface area contributed by atoms with E-state index in [1.54, 1.807) is 6.92 Å². The van der Waals surface area contributed by atoms with Gasteiger partial charge in [0.15, 0.2) is 0 Å². The van der Waals surface area contributed by atoms with Crippen LogP contribution in [0.2, 0.25) is 19.1 Å². The Bertz CT molecular complexity index is 324. The van der Waals surface area contributed by atoms with Crippen LogP contribution in [0, 0.1) is 0 Å². The number of halogens is 1. The third kappa shape index (κ3) is 18.3. The SMILES string of the molecule is C=C(C)C(=O)OCCCCCCCCCCCCC[Si](C)(C)I. The third-order valence-corrected chi connectivity index (χ3v) is 7.16. The number of esters is 1. The maximum atomic E-state index is 11.2. The van der Waals surface area contributed by atoms with Crippen LogP contribution in [0.1, 0.15) is 77.6 Å². The second-order valence-electron chi connectivity index (χ2n) is 7.27. The molecule has 0 saturated heterocycles. The van der Waals surface area contributed by atoms with Gasteiger partial charge in [-0.1, -0.05) is 83.9 Å². The lowest BCUT2D eigenvalue weighted by molar-refractivity contribution is -0.139. The van der Waals surface area contributed by atoms with Crippen molar-refractivity contribution < 1.29 is 9.53 Å². The highest BCUT2D eigenvalue weighted by Crippen LogP contribution is 2.21. The first-order valence-electron chi connectivity index (χ1n) is 9.34. The standard InChI is InChI=1S/C19H37IO2Si/c1-18(2)19(21)22-16-14-12-10-8-6-5-7-9-11-13-15-17-23(3,4)20/h1,5-17H2,2-4H3. The Morgan fingerprint density at radius 3 is 1.65 bits per heavy atom. The lowest BCUT2D eigenvalue weighted by atomic mass is 10.1. The van der Waals surface area contributed by atoms with E-state index >= 15 is 0 Å². The third-order valence-electron chi connectivity index (χ3n) is 4.00. The van der Waals surface area contributed by atoms with Gasteiger partial charge in [0.1, 0.15) is 5.57 Å². The predicted octanol–water partition coefficient (Wildman–Crippen LogP) is 7.04. The Morgan fingerprint density at radius 2 is 1.26 bits per heavy atom. The van der Waals surface area contributed by atoms with Crippen molar-refractivity contribution in [1.82, 2.24) is 0 Å². The van der Waals surface area contributed by atoms with E-state index in [0.717, 1.165) is 6.42 Å². The maximum Gasteiger partial charge on any atom is 0.333 e.